The molecule has 3 aromatic rings. The van der Waals surface area contributed by atoms with Crippen molar-refractivity contribution in [2.75, 3.05) is 0 Å². The molecule has 0 aliphatic carbocycles. The van der Waals surface area contributed by atoms with Gasteiger partial charge in [-0.1, -0.05) is 18.2 Å². The summed E-state index contributed by atoms with van der Waals surface area (Å²) in [6, 6.07) is 10.4. The summed E-state index contributed by atoms with van der Waals surface area (Å²) < 4.78 is 42.8. The summed E-state index contributed by atoms with van der Waals surface area (Å²) in [5.41, 5.74) is -3.21. The van der Waals surface area contributed by atoms with Crippen LogP contribution in [0.4, 0.5) is 18.9 Å². The van der Waals surface area contributed by atoms with Gasteiger partial charge < -0.3 is 10.1 Å². The molecule has 0 radical (unpaired) electrons. The predicted octanol–water partition coefficient (Wildman–Crippen LogP) is 6.40. The van der Waals surface area contributed by atoms with Crippen molar-refractivity contribution < 1.29 is 22.8 Å². The van der Waals surface area contributed by atoms with Crippen molar-refractivity contribution in [3.05, 3.63) is 79.8 Å². The van der Waals surface area contributed by atoms with Crippen molar-refractivity contribution in [1.29, 1.82) is 0 Å². The average molecular weight is 484 g/mol. The maximum atomic E-state index is 12.4. The minimum absolute atomic E-state index is 0.00200. The Balaban J connectivity index is 1.62. The molecule has 1 atom stereocenters. The molecule has 1 N–H and O–H groups in total. The molecule has 0 bridgehead atoms. The molecule has 32 heavy (non-hydrogen) atoms. The SMILES string of the molecule is Cc1cnc(C(C)NCc2ccc(OCc3ccc(SC(F)(F)F)cc3)c([N+](=O)[O-])c2)s1. The summed E-state index contributed by atoms with van der Waals surface area (Å²) in [5.74, 6) is 0.0936. The number of rotatable bonds is 9. The normalized spacial score (nSPS) is 12.5. The zero-order valence-corrected chi connectivity index (χ0v) is 18.8. The smallest absolute Gasteiger partial charge is 0.446 e. The molecular weight excluding hydrogens is 463 g/mol. The molecule has 170 valence electrons. The van der Waals surface area contributed by atoms with E-state index in [4.69, 9.17) is 4.74 Å². The second kappa shape index (κ2) is 10.3. The van der Waals surface area contributed by atoms with Crippen LogP contribution in [0.15, 0.2) is 53.6 Å². The molecular formula is C21H20F3N3O3S2. The highest BCUT2D eigenvalue weighted by Gasteiger charge is 2.29. The van der Waals surface area contributed by atoms with Gasteiger partial charge in [0, 0.05) is 28.6 Å². The van der Waals surface area contributed by atoms with Gasteiger partial charge in [-0.2, -0.15) is 13.2 Å². The lowest BCUT2D eigenvalue weighted by Gasteiger charge is -2.12. The van der Waals surface area contributed by atoms with E-state index < -0.39 is 10.4 Å². The lowest BCUT2D eigenvalue weighted by molar-refractivity contribution is -0.386. The first kappa shape index (κ1) is 24.0. The van der Waals surface area contributed by atoms with Gasteiger partial charge in [0.25, 0.3) is 0 Å². The largest absolute Gasteiger partial charge is 0.482 e. The summed E-state index contributed by atoms with van der Waals surface area (Å²) in [6.45, 7) is 4.36. The van der Waals surface area contributed by atoms with E-state index in [0.717, 1.165) is 15.4 Å². The van der Waals surface area contributed by atoms with Crippen molar-refractivity contribution >= 4 is 28.8 Å². The molecule has 0 saturated heterocycles. The zero-order valence-electron chi connectivity index (χ0n) is 17.2. The molecule has 11 heteroatoms. The van der Waals surface area contributed by atoms with Crippen molar-refractivity contribution in [3.8, 4) is 5.75 Å². The highest BCUT2D eigenvalue weighted by atomic mass is 32.2. The highest BCUT2D eigenvalue weighted by molar-refractivity contribution is 8.00. The third kappa shape index (κ3) is 6.94. The van der Waals surface area contributed by atoms with Crippen molar-refractivity contribution in [1.82, 2.24) is 10.3 Å². The number of hydrogen-bond acceptors (Lipinski definition) is 7. The number of thiazole rings is 1. The number of aromatic nitrogens is 1. The van der Waals surface area contributed by atoms with Crippen LogP contribution in [-0.4, -0.2) is 15.4 Å². The molecule has 0 aliphatic rings. The predicted molar refractivity (Wildman–Crippen MR) is 118 cm³/mol. The second-order valence-corrected chi connectivity index (χ2v) is 9.36. The van der Waals surface area contributed by atoms with E-state index in [1.165, 1.54) is 36.4 Å². The monoisotopic (exact) mass is 483 g/mol. The summed E-state index contributed by atoms with van der Waals surface area (Å²) in [6.07, 6.45) is 1.80. The summed E-state index contributed by atoms with van der Waals surface area (Å²) in [4.78, 5) is 16.5. The number of nitrogens with zero attached hydrogens (tertiary/aromatic N) is 2. The van der Waals surface area contributed by atoms with E-state index in [9.17, 15) is 23.3 Å². The number of aryl methyl sites for hydroxylation is 1. The Morgan fingerprint density at radius 3 is 2.50 bits per heavy atom. The van der Waals surface area contributed by atoms with E-state index in [2.05, 4.69) is 10.3 Å². The maximum Gasteiger partial charge on any atom is 0.446 e. The Kier molecular flexibility index (Phi) is 7.75. The number of nitrogens with one attached hydrogen (secondary N) is 1. The van der Waals surface area contributed by atoms with Gasteiger partial charge >= 0.3 is 11.2 Å². The van der Waals surface area contributed by atoms with Crippen LogP contribution in [0.3, 0.4) is 0 Å². The minimum Gasteiger partial charge on any atom is -0.482 e. The molecule has 0 amide bonds. The third-order valence-electron chi connectivity index (χ3n) is 4.39. The fraction of sp³-hybridized carbons (Fsp3) is 0.286. The lowest BCUT2D eigenvalue weighted by Crippen LogP contribution is -2.18. The molecule has 2 aromatic carbocycles. The van der Waals surface area contributed by atoms with Gasteiger partial charge in [-0.25, -0.2) is 4.98 Å². The number of thioether (sulfide) groups is 1. The lowest BCUT2D eigenvalue weighted by atomic mass is 10.1. The molecule has 1 unspecified atom stereocenters. The fourth-order valence-electron chi connectivity index (χ4n) is 2.82. The first-order valence-electron chi connectivity index (χ1n) is 9.51. The minimum atomic E-state index is -4.35. The van der Waals surface area contributed by atoms with Crippen LogP contribution < -0.4 is 10.1 Å². The highest BCUT2D eigenvalue weighted by Crippen LogP contribution is 2.37. The maximum absolute atomic E-state index is 12.4. The van der Waals surface area contributed by atoms with Gasteiger partial charge in [0.15, 0.2) is 5.75 Å². The average Bonchev–Trinajstić information content (AvgIpc) is 3.17. The standard InChI is InChI=1S/C21H20F3N3O3S2/c1-13-10-26-20(31-13)14(2)25-11-16-5-8-19(18(9-16)27(28)29)30-12-15-3-6-17(7-4-15)32-21(22,23)24/h3-10,14,25H,11-12H2,1-2H3. The number of benzene rings is 2. The van der Waals surface area contributed by atoms with E-state index in [1.807, 2.05) is 13.8 Å². The van der Waals surface area contributed by atoms with E-state index in [1.54, 1.807) is 23.6 Å². The summed E-state index contributed by atoms with van der Waals surface area (Å²) in [7, 11) is 0. The van der Waals surface area contributed by atoms with Gasteiger partial charge in [0.2, 0.25) is 0 Å². The number of ether oxygens (including phenoxy) is 1. The Hall–Kier alpha value is -2.63. The number of nitro benzene ring substituents is 1. The topological polar surface area (TPSA) is 77.3 Å². The molecule has 0 saturated carbocycles. The molecule has 6 nitrogen and oxygen atoms in total. The molecule has 0 spiro atoms. The van der Waals surface area contributed by atoms with Crippen molar-refractivity contribution in [3.63, 3.8) is 0 Å². The van der Waals surface area contributed by atoms with Crippen LogP contribution in [0.25, 0.3) is 0 Å². The first-order chi connectivity index (χ1) is 15.1. The second-order valence-electron chi connectivity index (χ2n) is 6.95. The number of halogens is 3. The number of hydrogen-bond donors (Lipinski definition) is 1. The molecule has 0 aliphatic heterocycles. The summed E-state index contributed by atoms with van der Waals surface area (Å²) in [5, 5.41) is 15.7. The summed E-state index contributed by atoms with van der Waals surface area (Å²) >= 11 is 1.39. The van der Waals surface area contributed by atoms with Crippen LogP contribution in [0.1, 0.15) is 34.0 Å². The molecule has 1 heterocycles. The molecule has 3 rings (SSSR count). The quantitative estimate of drug-likeness (QED) is 0.216. The third-order valence-corrected chi connectivity index (χ3v) is 6.23. The van der Waals surface area contributed by atoms with E-state index >= 15 is 0 Å². The van der Waals surface area contributed by atoms with Crippen LogP contribution in [-0.2, 0) is 13.2 Å². The zero-order chi connectivity index (χ0) is 23.3. The Bertz CT molecular complexity index is 1070. The van der Waals surface area contributed by atoms with Gasteiger partial charge in [-0.15, -0.1) is 11.3 Å². The number of alkyl halides is 3. The number of nitro groups is 1. The molecule has 0 fully saturated rings. The van der Waals surface area contributed by atoms with Crippen LogP contribution in [0.2, 0.25) is 0 Å². The van der Waals surface area contributed by atoms with Gasteiger partial charge in [0.05, 0.1) is 11.0 Å². The van der Waals surface area contributed by atoms with Crippen LogP contribution >= 0.6 is 23.1 Å². The van der Waals surface area contributed by atoms with Crippen LogP contribution in [0.5, 0.6) is 5.75 Å². The van der Waals surface area contributed by atoms with Crippen molar-refractivity contribution in [2.45, 2.75) is 43.4 Å². The van der Waals surface area contributed by atoms with E-state index in [-0.39, 0.29) is 40.7 Å². The van der Waals surface area contributed by atoms with Crippen LogP contribution in [0, 0.1) is 17.0 Å². The Morgan fingerprint density at radius 2 is 1.91 bits per heavy atom. The van der Waals surface area contributed by atoms with Gasteiger partial charge in [0.1, 0.15) is 11.6 Å². The van der Waals surface area contributed by atoms with Gasteiger partial charge in [-0.05, 0) is 54.9 Å². The fourth-order valence-corrected chi connectivity index (χ4v) is 4.16. The van der Waals surface area contributed by atoms with Gasteiger partial charge in [-0.3, -0.25) is 10.1 Å². The molecule has 1 aromatic heterocycles. The Labute approximate surface area is 191 Å². The van der Waals surface area contributed by atoms with E-state index in [0.29, 0.717) is 12.1 Å². The first-order valence-corrected chi connectivity index (χ1v) is 11.1. The van der Waals surface area contributed by atoms with Crippen molar-refractivity contribution in [2.24, 2.45) is 0 Å². The Morgan fingerprint density at radius 1 is 1.22 bits per heavy atom.